The van der Waals surface area contributed by atoms with Crippen LogP contribution in [0.3, 0.4) is 0 Å². The first-order chi connectivity index (χ1) is 6.02. The standard InChI is InChI=1S/C8H12N2O3/c1-6-5-9(2)8(13)10(6)4-3-7(11)12/h5H,3-4H2,1-2H3,(H,11,12). The number of imidazole rings is 1. The zero-order chi connectivity index (χ0) is 10.0. The van der Waals surface area contributed by atoms with Gasteiger partial charge in [-0.25, -0.2) is 4.79 Å². The van der Waals surface area contributed by atoms with Gasteiger partial charge in [0.15, 0.2) is 0 Å². The molecular weight excluding hydrogens is 172 g/mol. The molecule has 0 radical (unpaired) electrons. The largest absolute Gasteiger partial charge is 0.481 e. The molecule has 0 aliphatic rings. The van der Waals surface area contributed by atoms with Crippen molar-refractivity contribution in [3.63, 3.8) is 0 Å². The summed E-state index contributed by atoms with van der Waals surface area (Å²) in [4.78, 5) is 21.6. The van der Waals surface area contributed by atoms with Crippen molar-refractivity contribution in [1.82, 2.24) is 9.13 Å². The Kier molecular flexibility index (Phi) is 2.55. The minimum atomic E-state index is -0.893. The number of hydrogen-bond donors (Lipinski definition) is 1. The highest BCUT2D eigenvalue weighted by molar-refractivity contribution is 5.66. The zero-order valence-electron chi connectivity index (χ0n) is 7.65. The fourth-order valence-electron chi connectivity index (χ4n) is 1.23. The van der Waals surface area contributed by atoms with Gasteiger partial charge in [0, 0.05) is 25.5 Å². The molecule has 0 saturated carbocycles. The molecule has 0 spiro atoms. The van der Waals surface area contributed by atoms with E-state index in [4.69, 9.17) is 5.11 Å². The third-order valence-corrected chi connectivity index (χ3v) is 1.89. The van der Waals surface area contributed by atoms with Crippen molar-refractivity contribution >= 4 is 5.97 Å². The van der Waals surface area contributed by atoms with Gasteiger partial charge in [0.2, 0.25) is 0 Å². The molecule has 0 fully saturated rings. The van der Waals surface area contributed by atoms with E-state index in [2.05, 4.69) is 0 Å². The minimum Gasteiger partial charge on any atom is -0.481 e. The van der Waals surface area contributed by atoms with E-state index < -0.39 is 5.97 Å². The summed E-state index contributed by atoms with van der Waals surface area (Å²) in [5.74, 6) is -0.893. The van der Waals surface area contributed by atoms with Crippen molar-refractivity contribution in [2.45, 2.75) is 19.9 Å². The molecule has 0 bridgehead atoms. The molecule has 1 rings (SSSR count). The SMILES string of the molecule is Cc1cn(C)c(=O)n1CCC(=O)O. The monoisotopic (exact) mass is 184 g/mol. The molecule has 72 valence electrons. The number of carboxylic acid groups (broad SMARTS) is 1. The van der Waals surface area contributed by atoms with Crippen LogP contribution in [-0.2, 0) is 18.4 Å². The molecule has 0 unspecified atom stereocenters. The second-order valence-corrected chi connectivity index (χ2v) is 2.96. The molecule has 5 nitrogen and oxygen atoms in total. The average Bonchev–Trinajstić information content (AvgIpc) is 2.24. The van der Waals surface area contributed by atoms with E-state index in [1.54, 1.807) is 20.2 Å². The summed E-state index contributed by atoms with van der Waals surface area (Å²) in [5, 5.41) is 8.44. The van der Waals surface area contributed by atoms with E-state index in [1.165, 1.54) is 9.13 Å². The first kappa shape index (κ1) is 9.57. The molecule has 0 aliphatic carbocycles. The summed E-state index contributed by atoms with van der Waals surface area (Å²) < 4.78 is 2.89. The van der Waals surface area contributed by atoms with Crippen LogP contribution in [0.15, 0.2) is 11.0 Å². The van der Waals surface area contributed by atoms with Crippen LogP contribution in [0.1, 0.15) is 12.1 Å². The fraction of sp³-hybridized carbons (Fsp3) is 0.500. The number of hydrogen-bond acceptors (Lipinski definition) is 2. The van der Waals surface area contributed by atoms with Crippen LogP contribution in [-0.4, -0.2) is 20.2 Å². The van der Waals surface area contributed by atoms with E-state index in [0.29, 0.717) is 0 Å². The van der Waals surface area contributed by atoms with E-state index in [-0.39, 0.29) is 18.7 Å². The zero-order valence-corrected chi connectivity index (χ0v) is 7.65. The van der Waals surface area contributed by atoms with Crippen molar-refractivity contribution in [1.29, 1.82) is 0 Å². The number of carbonyl (C=O) groups is 1. The van der Waals surface area contributed by atoms with Gasteiger partial charge in [0.25, 0.3) is 0 Å². The number of aryl methyl sites for hydroxylation is 2. The van der Waals surface area contributed by atoms with Crippen molar-refractivity contribution in [3.8, 4) is 0 Å². The fourth-order valence-corrected chi connectivity index (χ4v) is 1.23. The third kappa shape index (κ3) is 1.99. The normalized spacial score (nSPS) is 10.3. The minimum absolute atomic E-state index is 0.0231. The molecule has 0 amide bonds. The lowest BCUT2D eigenvalue weighted by atomic mass is 10.4. The second kappa shape index (κ2) is 3.47. The summed E-state index contributed by atoms with van der Waals surface area (Å²) in [7, 11) is 1.65. The summed E-state index contributed by atoms with van der Waals surface area (Å²) in [5.41, 5.74) is 0.618. The summed E-state index contributed by atoms with van der Waals surface area (Å²) in [6.45, 7) is 2.02. The van der Waals surface area contributed by atoms with Gasteiger partial charge in [-0.1, -0.05) is 0 Å². The Morgan fingerprint density at radius 2 is 2.23 bits per heavy atom. The van der Waals surface area contributed by atoms with Gasteiger partial charge < -0.3 is 9.67 Å². The van der Waals surface area contributed by atoms with Crippen molar-refractivity contribution < 1.29 is 9.90 Å². The van der Waals surface area contributed by atoms with E-state index >= 15 is 0 Å². The molecule has 0 saturated heterocycles. The van der Waals surface area contributed by atoms with Gasteiger partial charge in [0.05, 0.1) is 6.42 Å². The quantitative estimate of drug-likeness (QED) is 0.717. The maximum Gasteiger partial charge on any atom is 0.328 e. The first-order valence-corrected chi connectivity index (χ1v) is 3.97. The van der Waals surface area contributed by atoms with Crippen molar-refractivity contribution in [2.24, 2.45) is 7.05 Å². The molecule has 1 aromatic heterocycles. The van der Waals surface area contributed by atoms with Crippen LogP contribution in [0.2, 0.25) is 0 Å². The van der Waals surface area contributed by atoms with Crippen LogP contribution in [0, 0.1) is 6.92 Å². The summed E-state index contributed by atoms with van der Waals surface area (Å²) >= 11 is 0. The molecule has 1 aromatic rings. The van der Waals surface area contributed by atoms with Crippen LogP contribution in [0.4, 0.5) is 0 Å². The molecule has 1 heterocycles. The van der Waals surface area contributed by atoms with Crippen LogP contribution in [0.5, 0.6) is 0 Å². The number of rotatable bonds is 3. The average molecular weight is 184 g/mol. The van der Waals surface area contributed by atoms with Gasteiger partial charge >= 0.3 is 11.7 Å². The lowest BCUT2D eigenvalue weighted by Crippen LogP contribution is -2.23. The molecule has 13 heavy (non-hydrogen) atoms. The molecule has 0 atom stereocenters. The first-order valence-electron chi connectivity index (χ1n) is 3.97. The highest BCUT2D eigenvalue weighted by Gasteiger charge is 2.06. The third-order valence-electron chi connectivity index (χ3n) is 1.89. The molecule has 1 N–H and O–H groups in total. The highest BCUT2D eigenvalue weighted by Crippen LogP contribution is 1.95. The van der Waals surface area contributed by atoms with Gasteiger partial charge in [0.1, 0.15) is 0 Å². The van der Waals surface area contributed by atoms with Crippen molar-refractivity contribution in [3.05, 3.63) is 22.4 Å². The summed E-state index contributed by atoms with van der Waals surface area (Å²) in [6, 6.07) is 0. The van der Waals surface area contributed by atoms with Crippen molar-refractivity contribution in [2.75, 3.05) is 0 Å². The second-order valence-electron chi connectivity index (χ2n) is 2.96. The Morgan fingerprint density at radius 1 is 1.62 bits per heavy atom. The van der Waals surface area contributed by atoms with Crippen LogP contribution in [0.25, 0.3) is 0 Å². The number of aliphatic carboxylic acids is 1. The van der Waals surface area contributed by atoms with E-state index in [9.17, 15) is 9.59 Å². The topological polar surface area (TPSA) is 64.2 Å². The molecule has 5 heteroatoms. The van der Waals surface area contributed by atoms with Crippen LogP contribution >= 0.6 is 0 Å². The maximum absolute atomic E-state index is 11.3. The Morgan fingerprint density at radius 3 is 2.62 bits per heavy atom. The lowest BCUT2D eigenvalue weighted by Gasteiger charge is -1.99. The maximum atomic E-state index is 11.3. The predicted molar refractivity (Wildman–Crippen MR) is 46.7 cm³/mol. The van der Waals surface area contributed by atoms with Gasteiger partial charge in [-0.3, -0.25) is 9.36 Å². The molecule has 0 aliphatic heterocycles. The number of aromatic nitrogens is 2. The Bertz CT molecular complexity index is 375. The van der Waals surface area contributed by atoms with Gasteiger partial charge in [-0.05, 0) is 6.92 Å². The smallest absolute Gasteiger partial charge is 0.328 e. The Labute approximate surface area is 75.2 Å². The van der Waals surface area contributed by atoms with Gasteiger partial charge in [-0.2, -0.15) is 0 Å². The predicted octanol–water partition coefficient (Wildman–Crippen LogP) is -0.0301. The van der Waals surface area contributed by atoms with Gasteiger partial charge in [-0.15, -0.1) is 0 Å². The molecular formula is C8H12N2O3. The molecule has 0 aromatic carbocycles. The highest BCUT2D eigenvalue weighted by atomic mass is 16.4. The Balaban J connectivity index is 2.88. The summed E-state index contributed by atoms with van der Waals surface area (Å²) in [6.07, 6.45) is 1.66. The Hall–Kier alpha value is -1.52. The van der Waals surface area contributed by atoms with E-state index in [1.807, 2.05) is 0 Å². The number of nitrogens with zero attached hydrogens (tertiary/aromatic N) is 2. The number of carboxylic acids is 1. The lowest BCUT2D eigenvalue weighted by molar-refractivity contribution is -0.137. The van der Waals surface area contributed by atoms with Crippen LogP contribution < -0.4 is 5.69 Å². The van der Waals surface area contributed by atoms with E-state index in [0.717, 1.165) is 5.69 Å².